The molecule has 0 amide bonds. The molecule has 2 aromatic carbocycles. The van der Waals surface area contributed by atoms with Crippen LogP contribution in [-0.4, -0.2) is 30.6 Å². The Bertz CT molecular complexity index is 714. The van der Waals surface area contributed by atoms with Crippen molar-refractivity contribution in [2.45, 2.75) is 6.42 Å². The molecule has 0 radical (unpaired) electrons. The number of allylic oxidation sites excluding steroid dienone is 1. The highest BCUT2D eigenvalue weighted by Crippen LogP contribution is 2.15. The molecule has 5 nitrogen and oxygen atoms in total. The summed E-state index contributed by atoms with van der Waals surface area (Å²) in [6.07, 6.45) is 3.17. The summed E-state index contributed by atoms with van der Waals surface area (Å²) in [6.45, 7) is 0.125. The summed E-state index contributed by atoms with van der Waals surface area (Å²) in [7, 11) is 1.58. The minimum Gasteiger partial charge on any atom is -0.497 e. The van der Waals surface area contributed by atoms with Gasteiger partial charge in [-0.1, -0.05) is 18.2 Å². The average Bonchev–Trinajstić information content (AvgIpc) is 2.60. The van der Waals surface area contributed by atoms with Crippen LogP contribution in [0.3, 0.4) is 0 Å². The van der Waals surface area contributed by atoms with Gasteiger partial charge in [-0.15, -0.1) is 0 Å². The number of carboxylic acid groups (broad SMARTS) is 1. The predicted molar refractivity (Wildman–Crippen MR) is 90.5 cm³/mol. The van der Waals surface area contributed by atoms with E-state index >= 15 is 0 Å². The molecule has 0 aliphatic heterocycles. The third-order valence-corrected chi connectivity index (χ3v) is 3.27. The summed E-state index contributed by atoms with van der Waals surface area (Å²) in [5.41, 5.74) is 1.43. The number of aliphatic carboxylic acids is 1. The molecule has 0 atom stereocenters. The number of carbonyl (C=O) groups is 2. The zero-order valence-corrected chi connectivity index (χ0v) is 13.3. The maximum absolute atomic E-state index is 12.1. The summed E-state index contributed by atoms with van der Waals surface area (Å²) in [5.74, 6) is 0.301. The lowest BCUT2D eigenvalue weighted by Crippen LogP contribution is -2.04. The third kappa shape index (κ3) is 5.28. The largest absolute Gasteiger partial charge is 0.497 e. The lowest BCUT2D eigenvalue weighted by Gasteiger charge is -2.04. The highest BCUT2D eigenvalue weighted by Gasteiger charge is 2.02. The second-order valence-electron chi connectivity index (χ2n) is 4.99. The van der Waals surface area contributed by atoms with E-state index in [4.69, 9.17) is 14.6 Å². The Hall–Kier alpha value is -3.08. The number of hydrogen-bond acceptors (Lipinski definition) is 4. The number of rotatable bonds is 8. The van der Waals surface area contributed by atoms with E-state index in [-0.39, 0.29) is 18.8 Å². The minimum atomic E-state index is -0.897. The van der Waals surface area contributed by atoms with Crippen LogP contribution in [0.1, 0.15) is 22.3 Å². The molecule has 124 valence electrons. The summed E-state index contributed by atoms with van der Waals surface area (Å²) in [5, 5.41) is 8.55. The zero-order chi connectivity index (χ0) is 17.4. The van der Waals surface area contributed by atoms with Gasteiger partial charge in [-0.25, -0.2) is 0 Å². The summed E-state index contributed by atoms with van der Waals surface area (Å²) < 4.78 is 10.4. The molecule has 0 saturated carbocycles. The van der Waals surface area contributed by atoms with Gasteiger partial charge in [-0.3, -0.25) is 9.59 Å². The maximum atomic E-state index is 12.1. The maximum Gasteiger partial charge on any atom is 0.306 e. The number of ether oxygens (including phenoxy) is 2. The third-order valence-electron chi connectivity index (χ3n) is 3.27. The van der Waals surface area contributed by atoms with Gasteiger partial charge >= 0.3 is 5.97 Å². The van der Waals surface area contributed by atoms with Gasteiger partial charge in [0.1, 0.15) is 11.5 Å². The van der Waals surface area contributed by atoms with E-state index in [2.05, 4.69) is 0 Å². The van der Waals surface area contributed by atoms with Crippen LogP contribution < -0.4 is 9.47 Å². The lowest BCUT2D eigenvalue weighted by atomic mass is 10.1. The number of ketones is 1. The van der Waals surface area contributed by atoms with Crippen molar-refractivity contribution in [2.24, 2.45) is 0 Å². The Morgan fingerprint density at radius 1 is 1.00 bits per heavy atom. The highest BCUT2D eigenvalue weighted by molar-refractivity contribution is 6.06. The zero-order valence-electron chi connectivity index (χ0n) is 13.3. The number of carboxylic acids is 1. The highest BCUT2D eigenvalue weighted by atomic mass is 16.5. The molecular formula is C19H18O5. The van der Waals surface area contributed by atoms with Gasteiger partial charge in [0.05, 0.1) is 20.1 Å². The number of methoxy groups -OCH3 is 1. The first kappa shape index (κ1) is 17.3. The summed E-state index contributed by atoms with van der Waals surface area (Å²) >= 11 is 0. The Morgan fingerprint density at radius 3 is 2.21 bits per heavy atom. The van der Waals surface area contributed by atoms with Crippen molar-refractivity contribution in [1.82, 2.24) is 0 Å². The fourth-order valence-electron chi connectivity index (χ4n) is 1.95. The quantitative estimate of drug-likeness (QED) is 0.594. The number of hydrogen-bond donors (Lipinski definition) is 1. The Morgan fingerprint density at radius 2 is 1.62 bits per heavy atom. The first-order valence-corrected chi connectivity index (χ1v) is 7.39. The Labute approximate surface area is 140 Å². The van der Waals surface area contributed by atoms with Crippen molar-refractivity contribution in [3.8, 4) is 11.5 Å². The Kier molecular flexibility index (Phi) is 6.14. The number of carbonyl (C=O) groups excluding carboxylic acids is 1. The van der Waals surface area contributed by atoms with Crippen molar-refractivity contribution in [2.75, 3.05) is 13.7 Å². The van der Waals surface area contributed by atoms with Crippen LogP contribution in [-0.2, 0) is 4.79 Å². The normalized spacial score (nSPS) is 10.5. The van der Waals surface area contributed by atoms with E-state index in [9.17, 15) is 9.59 Å². The van der Waals surface area contributed by atoms with Gasteiger partial charge in [-0.05, 0) is 48.0 Å². The minimum absolute atomic E-state index is 0.0436. The standard InChI is InChI=1S/C19H18O5/c1-23-16-9-5-15(6-10-16)18(20)11-4-14-2-7-17(8-3-14)24-13-12-19(21)22/h2-11H,12-13H2,1H3,(H,21,22)/b11-4+. The van der Waals surface area contributed by atoms with E-state index in [1.807, 2.05) is 0 Å². The average molecular weight is 326 g/mol. The van der Waals surface area contributed by atoms with Crippen molar-refractivity contribution in [3.05, 3.63) is 65.7 Å². The van der Waals surface area contributed by atoms with Gasteiger partial charge < -0.3 is 14.6 Å². The second-order valence-corrected chi connectivity index (χ2v) is 4.99. The van der Waals surface area contributed by atoms with E-state index in [1.54, 1.807) is 61.7 Å². The van der Waals surface area contributed by atoms with Crippen LogP contribution in [0.2, 0.25) is 0 Å². The predicted octanol–water partition coefficient (Wildman–Crippen LogP) is 3.44. The molecule has 2 aromatic rings. The van der Waals surface area contributed by atoms with Crippen molar-refractivity contribution in [3.63, 3.8) is 0 Å². The fraction of sp³-hybridized carbons (Fsp3) is 0.158. The Balaban J connectivity index is 1.93. The second kappa shape index (κ2) is 8.53. The molecule has 24 heavy (non-hydrogen) atoms. The molecule has 0 heterocycles. The summed E-state index contributed by atoms with van der Waals surface area (Å²) in [6, 6.07) is 14.0. The van der Waals surface area contributed by atoms with Crippen LogP contribution in [0.4, 0.5) is 0 Å². The van der Waals surface area contributed by atoms with Crippen molar-refractivity contribution >= 4 is 17.8 Å². The topological polar surface area (TPSA) is 72.8 Å². The van der Waals surface area contributed by atoms with Gasteiger partial charge in [0, 0.05) is 5.56 Å². The molecule has 0 bridgehead atoms. The monoisotopic (exact) mass is 326 g/mol. The van der Waals surface area contributed by atoms with Gasteiger partial charge in [0.2, 0.25) is 0 Å². The van der Waals surface area contributed by atoms with Crippen LogP contribution in [0.5, 0.6) is 11.5 Å². The van der Waals surface area contributed by atoms with Crippen molar-refractivity contribution < 1.29 is 24.2 Å². The SMILES string of the molecule is COc1ccc(C(=O)/C=C/c2ccc(OCCC(=O)O)cc2)cc1. The van der Waals surface area contributed by atoms with Crippen molar-refractivity contribution in [1.29, 1.82) is 0 Å². The van der Waals surface area contributed by atoms with Crippen LogP contribution >= 0.6 is 0 Å². The molecule has 1 N–H and O–H groups in total. The van der Waals surface area contributed by atoms with Crippen LogP contribution in [0.15, 0.2) is 54.6 Å². The summed E-state index contributed by atoms with van der Waals surface area (Å²) in [4.78, 5) is 22.5. The van der Waals surface area contributed by atoms with Gasteiger partial charge in [0.25, 0.3) is 0 Å². The number of benzene rings is 2. The molecule has 0 aromatic heterocycles. The first-order valence-electron chi connectivity index (χ1n) is 7.39. The smallest absolute Gasteiger partial charge is 0.306 e. The van der Waals surface area contributed by atoms with Crippen LogP contribution in [0.25, 0.3) is 6.08 Å². The molecule has 0 spiro atoms. The molecule has 0 aliphatic carbocycles. The molecule has 2 rings (SSSR count). The van der Waals surface area contributed by atoms with Gasteiger partial charge in [0.15, 0.2) is 5.78 Å². The fourth-order valence-corrected chi connectivity index (χ4v) is 1.95. The van der Waals surface area contributed by atoms with Gasteiger partial charge in [-0.2, -0.15) is 0 Å². The molecule has 5 heteroatoms. The van der Waals surface area contributed by atoms with E-state index in [0.717, 1.165) is 5.56 Å². The molecular weight excluding hydrogens is 308 g/mol. The lowest BCUT2D eigenvalue weighted by molar-refractivity contribution is -0.137. The molecule has 0 fully saturated rings. The van der Waals surface area contributed by atoms with Crippen LogP contribution in [0, 0.1) is 0 Å². The van der Waals surface area contributed by atoms with E-state index < -0.39 is 5.97 Å². The first-order chi connectivity index (χ1) is 11.6. The molecule has 0 saturated heterocycles. The van der Waals surface area contributed by atoms with E-state index in [1.165, 1.54) is 6.08 Å². The molecule has 0 aliphatic rings. The van der Waals surface area contributed by atoms with E-state index in [0.29, 0.717) is 17.1 Å². The molecule has 0 unspecified atom stereocenters.